The molecule has 0 aliphatic carbocycles. The Labute approximate surface area is 641 Å². The zero-order chi connectivity index (χ0) is 76.7. The molecule has 3 heterocycles. The van der Waals surface area contributed by atoms with Crippen molar-refractivity contribution in [2.75, 3.05) is 26.4 Å². The SMILES string of the molecule is CC/C=C\C/C=C\C/C=C\C/C=C\C/C=C\CCCCCCCCCCCCCCCCCC(=O)NC(COC1OC(CO)C(OC2OC(CO)C(OC3OC(CO)C(O)C(O)C3O)C(O)C2O)C(O)C1O)C(O)/C=C/CC/C=C/CCCCCCCCCCCCCCCCCCCCCCCCCC. The summed E-state index contributed by atoms with van der Waals surface area (Å²) in [7, 11) is 0. The molecule has 12 N–H and O–H groups in total. The number of hydrogen-bond donors (Lipinski definition) is 12. The number of ether oxygens (including phenoxy) is 6. The van der Waals surface area contributed by atoms with Crippen molar-refractivity contribution >= 4 is 5.91 Å². The van der Waals surface area contributed by atoms with Gasteiger partial charge in [0.05, 0.1) is 38.6 Å². The van der Waals surface area contributed by atoms with Crippen molar-refractivity contribution in [3.05, 3.63) is 85.1 Å². The van der Waals surface area contributed by atoms with Gasteiger partial charge in [-0.1, -0.05) is 330 Å². The quantitative estimate of drug-likeness (QED) is 0.0199. The fourth-order valence-electron chi connectivity index (χ4n) is 14.1. The highest BCUT2D eigenvalue weighted by Crippen LogP contribution is 2.33. The van der Waals surface area contributed by atoms with Crippen LogP contribution in [0.1, 0.15) is 328 Å². The summed E-state index contributed by atoms with van der Waals surface area (Å²) in [4.78, 5) is 13.5. The lowest BCUT2D eigenvalue weighted by Gasteiger charge is -2.48. The first-order chi connectivity index (χ1) is 51.8. The molecule has 0 bridgehead atoms. The van der Waals surface area contributed by atoms with Gasteiger partial charge < -0.3 is 89.9 Å². The van der Waals surface area contributed by atoms with E-state index in [0.717, 1.165) is 70.6 Å². The van der Waals surface area contributed by atoms with E-state index < -0.39 is 124 Å². The van der Waals surface area contributed by atoms with Gasteiger partial charge in [0.2, 0.25) is 5.91 Å². The molecule has 616 valence electrons. The summed E-state index contributed by atoms with van der Waals surface area (Å²) in [5, 5.41) is 121. The molecule has 19 heteroatoms. The van der Waals surface area contributed by atoms with Gasteiger partial charge in [0.15, 0.2) is 18.9 Å². The summed E-state index contributed by atoms with van der Waals surface area (Å²) in [5.41, 5.74) is 0. The van der Waals surface area contributed by atoms with Crippen LogP contribution in [0.4, 0.5) is 0 Å². The van der Waals surface area contributed by atoms with Gasteiger partial charge in [-0.2, -0.15) is 0 Å². The Hall–Kier alpha value is -3.03. The van der Waals surface area contributed by atoms with Crippen LogP contribution in [0.25, 0.3) is 0 Å². The summed E-state index contributed by atoms with van der Waals surface area (Å²) < 4.78 is 34.5. The lowest BCUT2D eigenvalue weighted by atomic mass is 9.96. The van der Waals surface area contributed by atoms with Gasteiger partial charge in [0, 0.05) is 6.42 Å². The van der Waals surface area contributed by atoms with Crippen LogP contribution in [0.3, 0.4) is 0 Å². The normalized spacial score (nSPS) is 26.1. The fraction of sp³-hybridized carbons (Fsp3) is 0.828. The topological polar surface area (TPSA) is 307 Å². The minimum Gasteiger partial charge on any atom is -0.394 e. The van der Waals surface area contributed by atoms with Crippen LogP contribution in [0.15, 0.2) is 85.1 Å². The maximum absolute atomic E-state index is 13.5. The average Bonchev–Trinajstić information content (AvgIpc) is 0.780. The predicted molar refractivity (Wildman–Crippen MR) is 424 cm³/mol. The third-order valence-electron chi connectivity index (χ3n) is 20.9. The summed E-state index contributed by atoms with van der Waals surface area (Å²) in [6.07, 6.45) is 62.9. The molecule has 0 saturated carbocycles. The Balaban J connectivity index is 1.36. The summed E-state index contributed by atoms with van der Waals surface area (Å²) in [6, 6.07) is -0.996. The van der Waals surface area contributed by atoms with Crippen LogP contribution in [-0.4, -0.2) is 193 Å². The zero-order valence-corrected chi connectivity index (χ0v) is 66.2. The molecule has 3 fully saturated rings. The minimum absolute atomic E-state index is 0.232. The van der Waals surface area contributed by atoms with E-state index >= 15 is 0 Å². The molecule has 3 rings (SSSR count). The first-order valence-electron chi connectivity index (χ1n) is 42.8. The Morgan fingerprint density at radius 2 is 0.660 bits per heavy atom. The second-order valence-corrected chi connectivity index (χ2v) is 30.3. The number of aliphatic hydroxyl groups excluding tert-OH is 11. The van der Waals surface area contributed by atoms with Gasteiger partial charge in [-0.25, -0.2) is 0 Å². The molecule has 0 radical (unpaired) electrons. The first kappa shape index (κ1) is 97.2. The predicted octanol–water partition coefficient (Wildman–Crippen LogP) is 15.3. The minimum atomic E-state index is -1.98. The van der Waals surface area contributed by atoms with E-state index in [1.165, 1.54) is 225 Å². The maximum atomic E-state index is 13.5. The highest BCUT2D eigenvalue weighted by Gasteiger charge is 2.54. The van der Waals surface area contributed by atoms with Gasteiger partial charge in [-0.05, 0) is 77.0 Å². The highest BCUT2D eigenvalue weighted by molar-refractivity contribution is 5.76. The molecule has 1 amide bonds. The van der Waals surface area contributed by atoms with Crippen LogP contribution >= 0.6 is 0 Å². The number of aliphatic hydroxyl groups is 11. The molecule has 106 heavy (non-hydrogen) atoms. The molecule has 19 nitrogen and oxygen atoms in total. The van der Waals surface area contributed by atoms with Crippen molar-refractivity contribution < 1.29 is 89.4 Å². The number of nitrogens with one attached hydrogen (secondary N) is 1. The van der Waals surface area contributed by atoms with Crippen molar-refractivity contribution in [1.29, 1.82) is 0 Å². The van der Waals surface area contributed by atoms with Crippen molar-refractivity contribution in [3.63, 3.8) is 0 Å². The number of carbonyl (C=O) groups excluding carboxylic acids is 1. The van der Waals surface area contributed by atoms with Crippen LogP contribution in [0.2, 0.25) is 0 Å². The van der Waals surface area contributed by atoms with Gasteiger partial charge in [0.25, 0.3) is 0 Å². The van der Waals surface area contributed by atoms with E-state index in [9.17, 15) is 61.0 Å². The molecule has 3 aliphatic heterocycles. The largest absolute Gasteiger partial charge is 0.394 e. The Kier molecular flexibility index (Phi) is 61.0. The number of hydrogen-bond acceptors (Lipinski definition) is 18. The number of rotatable bonds is 68. The smallest absolute Gasteiger partial charge is 0.220 e. The van der Waals surface area contributed by atoms with E-state index in [-0.39, 0.29) is 18.9 Å². The van der Waals surface area contributed by atoms with E-state index in [4.69, 9.17) is 28.4 Å². The van der Waals surface area contributed by atoms with Crippen molar-refractivity contribution in [3.8, 4) is 0 Å². The van der Waals surface area contributed by atoms with E-state index in [2.05, 4.69) is 92.1 Å². The molecule has 0 aromatic rings. The van der Waals surface area contributed by atoms with Gasteiger partial charge in [-0.15, -0.1) is 0 Å². The van der Waals surface area contributed by atoms with Crippen LogP contribution < -0.4 is 5.32 Å². The second kappa shape index (κ2) is 66.6. The summed E-state index contributed by atoms with van der Waals surface area (Å²) in [6.45, 7) is 1.64. The number of carbonyl (C=O) groups is 1. The second-order valence-electron chi connectivity index (χ2n) is 30.3. The average molecular weight is 1500 g/mol. The third kappa shape index (κ3) is 45.5. The van der Waals surface area contributed by atoms with Crippen LogP contribution in [0.5, 0.6) is 0 Å². The third-order valence-corrected chi connectivity index (χ3v) is 20.9. The van der Waals surface area contributed by atoms with Crippen molar-refractivity contribution in [2.45, 2.75) is 433 Å². The molecule has 0 aromatic carbocycles. The van der Waals surface area contributed by atoms with E-state index in [1.54, 1.807) is 6.08 Å². The van der Waals surface area contributed by atoms with E-state index in [1.807, 2.05) is 6.08 Å². The van der Waals surface area contributed by atoms with Crippen molar-refractivity contribution in [1.82, 2.24) is 5.32 Å². The summed E-state index contributed by atoms with van der Waals surface area (Å²) in [5.74, 6) is -0.284. The molecule has 3 aliphatic rings. The Morgan fingerprint density at radius 3 is 1.06 bits per heavy atom. The molecule has 0 aromatic heterocycles. The van der Waals surface area contributed by atoms with Crippen molar-refractivity contribution in [2.24, 2.45) is 0 Å². The molecule has 17 unspecified atom stereocenters. The summed E-state index contributed by atoms with van der Waals surface area (Å²) >= 11 is 0. The zero-order valence-electron chi connectivity index (χ0n) is 66.2. The number of allylic oxidation sites excluding steroid dienone is 13. The first-order valence-corrected chi connectivity index (χ1v) is 42.8. The number of amides is 1. The molecular weight excluding hydrogens is 1350 g/mol. The van der Waals surface area contributed by atoms with E-state index in [0.29, 0.717) is 12.8 Å². The maximum Gasteiger partial charge on any atom is 0.220 e. The lowest BCUT2D eigenvalue weighted by Crippen LogP contribution is -2.66. The molecule has 17 atom stereocenters. The Bertz CT molecular complexity index is 2240. The molecule has 0 spiro atoms. The molecular formula is C87H155NO18. The van der Waals surface area contributed by atoms with Gasteiger partial charge in [0.1, 0.15) is 73.2 Å². The molecule has 3 saturated heterocycles. The number of unbranched alkanes of at least 4 members (excludes halogenated alkanes) is 40. The standard InChI is InChI=1S/C87H155NO18/c1-3-5-7-9-11-13-15-17-19-21-23-25-27-29-31-33-35-37-39-41-43-45-47-49-51-53-55-57-59-61-63-65-75(93)88-70(71(92)64-62-60-58-56-54-52-50-48-46-44-42-40-38-36-34-32-30-28-26-24-22-20-18-16-14-12-10-8-6-4-2)69-101-85-81(99)78(96)83(73(67-90)103-85)106-87-82(100)79(97)84(74(68-91)104-87)105-86-80(98)77(95)76(94)72(66-89)102-86/h5,7,11,13,17,19,23,25,29,31,54,56,62,64,70-74,76-87,89-92,94-100H,3-4,6,8-10,12,14-16,18,20-22,24,26-28,30,32-53,55,57-61,63,65-69H2,1-2H3,(H,88,93)/b7-5-,13-11-,19-17-,25-23-,31-29-,56-54+,64-62+. The highest BCUT2D eigenvalue weighted by atomic mass is 16.8. The lowest BCUT2D eigenvalue weighted by molar-refractivity contribution is -0.379. The monoisotopic (exact) mass is 1500 g/mol. The Morgan fingerprint density at radius 1 is 0.349 bits per heavy atom. The van der Waals surface area contributed by atoms with Gasteiger partial charge in [-0.3, -0.25) is 4.79 Å². The van der Waals surface area contributed by atoms with Crippen LogP contribution in [-0.2, 0) is 33.2 Å². The van der Waals surface area contributed by atoms with Crippen LogP contribution in [0, 0.1) is 0 Å². The van der Waals surface area contributed by atoms with Gasteiger partial charge >= 0.3 is 0 Å². The fourth-order valence-corrected chi connectivity index (χ4v) is 14.1.